The van der Waals surface area contributed by atoms with Crippen LogP contribution in [0.5, 0.6) is 0 Å². The standard InChI is InChI=1S/C17H18BNO3/c1-16(2)17(3,4)22-18(21-16)11-9-14-15(19-10-11)12-7-5-6-8-13(12)20-14/h5-10H,1-4H3. The van der Waals surface area contributed by atoms with E-state index in [1.165, 1.54) is 0 Å². The third-order valence-corrected chi connectivity index (χ3v) is 4.76. The molecule has 1 fully saturated rings. The summed E-state index contributed by atoms with van der Waals surface area (Å²) < 4.78 is 18.0. The molecule has 0 unspecified atom stereocenters. The molecular formula is C17H18BNO3. The van der Waals surface area contributed by atoms with Gasteiger partial charge in [-0.15, -0.1) is 0 Å². The first kappa shape index (κ1) is 13.8. The molecule has 3 heterocycles. The normalized spacial score (nSPS) is 20.1. The molecule has 0 spiro atoms. The minimum atomic E-state index is -0.421. The van der Waals surface area contributed by atoms with Crippen molar-refractivity contribution in [2.75, 3.05) is 0 Å². The highest BCUT2D eigenvalue weighted by atomic mass is 16.7. The molecule has 5 heteroatoms. The Morgan fingerprint density at radius 2 is 1.64 bits per heavy atom. The Hall–Kier alpha value is -1.85. The van der Waals surface area contributed by atoms with Crippen molar-refractivity contribution in [2.24, 2.45) is 0 Å². The van der Waals surface area contributed by atoms with E-state index >= 15 is 0 Å². The smallest absolute Gasteiger partial charge is 0.454 e. The number of rotatable bonds is 1. The van der Waals surface area contributed by atoms with Gasteiger partial charge < -0.3 is 13.7 Å². The van der Waals surface area contributed by atoms with E-state index in [4.69, 9.17) is 13.7 Å². The van der Waals surface area contributed by atoms with Crippen molar-refractivity contribution in [3.8, 4) is 0 Å². The maximum atomic E-state index is 6.07. The van der Waals surface area contributed by atoms with Gasteiger partial charge >= 0.3 is 7.12 Å². The molecule has 22 heavy (non-hydrogen) atoms. The van der Waals surface area contributed by atoms with E-state index in [9.17, 15) is 0 Å². The van der Waals surface area contributed by atoms with Gasteiger partial charge in [-0.1, -0.05) is 12.1 Å². The van der Waals surface area contributed by atoms with E-state index in [1.807, 2.05) is 64.2 Å². The van der Waals surface area contributed by atoms with Crippen LogP contribution in [0.2, 0.25) is 0 Å². The Balaban J connectivity index is 1.79. The fourth-order valence-corrected chi connectivity index (χ4v) is 2.72. The van der Waals surface area contributed by atoms with Crippen LogP contribution in [0.15, 0.2) is 40.9 Å². The zero-order valence-corrected chi connectivity index (χ0v) is 13.2. The first-order chi connectivity index (χ1) is 10.4. The van der Waals surface area contributed by atoms with Crippen LogP contribution < -0.4 is 5.46 Å². The van der Waals surface area contributed by atoms with Gasteiger partial charge in [0, 0.05) is 17.0 Å². The van der Waals surface area contributed by atoms with Gasteiger partial charge in [-0.25, -0.2) is 0 Å². The second-order valence-corrected chi connectivity index (χ2v) is 6.80. The third kappa shape index (κ3) is 1.89. The summed E-state index contributed by atoms with van der Waals surface area (Å²) in [5, 5.41) is 1.03. The van der Waals surface area contributed by atoms with Crippen molar-refractivity contribution in [1.82, 2.24) is 4.98 Å². The van der Waals surface area contributed by atoms with Crippen LogP contribution in [-0.2, 0) is 9.31 Å². The summed E-state index contributed by atoms with van der Waals surface area (Å²) in [4.78, 5) is 4.56. The topological polar surface area (TPSA) is 44.5 Å². The summed E-state index contributed by atoms with van der Waals surface area (Å²) in [5.41, 5.74) is 2.63. The van der Waals surface area contributed by atoms with Crippen LogP contribution in [0.4, 0.5) is 0 Å². The number of aromatic nitrogens is 1. The first-order valence-electron chi connectivity index (χ1n) is 7.50. The molecular weight excluding hydrogens is 277 g/mol. The molecule has 4 nitrogen and oxygen atoms in total. The van der Waals surface area contributed by atoms with Gasteiger partial charge in [-0.3, -0.25) is 4.98 Å². The van der Waals surface area contributed by atoms with Crippen molar-refractivity contribution in [3.63, 3.8) is 0 Å². The van der Waals surface area contributed by atoms with Gasteiger partial charge in [0.25, 0.3) is 0 Å². The highest BCUT2D eigenvalue weighted by Gasteiger charge is 2.51. The van der Waals surface area contributed by atoms with Crippen LogP contribution in [0.3, 0.4) is 0 Å². The van der Waals surface area contributed by atoms with Gasteiger partial charge in [0.2, 0.25) is 0 Å². The molecule has 1 aromatic carbocycles. The number of pyridine rings is 1. The molecule has 0 amide bonds. The molecule has 2 aromatic heterocycles. The number of fused-ring (bicyclic) bond motifs is 3. The van der Waals surface area contributed by atoms with Crippen LogP contribution in [-0.4, -0.2) is 23.3 Å². The van der Waals surface area contributed by atoms with Gasteiger partial charge in [0.05, 0.1) is 11.2 Å². The minimum absolute atomic E-state index is 0.361. The average Bonchev–Trinajstić information content (AvgIpc) is 2.93. The van der Waals surface area contributed by atoms with Crippen LogP contribution in [0.25, 0.3) is 22.1 Å². The summed E-state index contributed by atoms with van der Waals surface area (Å²) >= 11 is 0. The van der Waals surface area contributed by atoms with Crippen LogP contribution in [0.1, 0.15) is 27.7 Å². The molecule has 1 aliphatic rings. The summed E-state index contributed by atoms with van der Waals surface area (Å²) in [6.45, 7) is 8.17. The van der Waals surface area contributed by atoms with Crippen molar-refractivity contribution in [2.45, 2.75) is 38.9 Å². The summed E-state index contributed by atoms with van der Waals surface area (Å²) in [7, 11) is -0.421. The number of hydrogen-bond donors (Lipinski definition) is 0. The zero-order valence-electron chi connectivity index (χ0n) is 13.2. The lowest BCUT2D eigenvalue weighted by Crippen LogP contribution is -2.41. The molecule has 0 N–H and O–H groups in total. The largest absolute Gasteiger partial charge is 0.496 e. The number of furan rings is 1. The zero-order chi connectivity index (χ0) is 15.5. The summed E-state index contributed by atoms with van der Waals surface area (Å²) in [5.74, 6) is 0. The van der Waals surface area contributed by atoms with Crippen LogP contribution >= 0.6 is 0 Å². The highest BCUT2D eigenvalue weighted by Crippen LogP contribution is 2.36. The Morgan fingerprint density at radius 3 is 2.36 bits per heavy atom. The predicted molar refractivity (Wildman–Crippen MR) is 87.2 cm³/mol. The highest BCUT2D eigenvalue weighted by molar-refractivity contribution is 6.62. The molecule has 1 saturated heterocycles. The second-order valence-electron chi connectivity index (χ2n) is 6.80. The maximum absolute atomic E-state index is 6.07. The van der Waals surface area contributed by atoms with E-state index in [-0.39, 0.29) is 11.2 Å². The molecule has 0 saturated carbocycles. The van der Waals surface area contributed by atoms with E-state index in [2.05, 4.69) is 4.98 Å². The van der Waals surface area contributed by atoms with Gasteiger partial charge in [0.1, 0.15) is 11.1 Å². The lowest BCUT2D eigenvalue weighted by atomic mass is 9.80. The fourth-order valence-electron chi connectivity index (χ4n) is 2.72. The maximum Gasteiger partial charge on any atom is 0.496 e. The van der Waals surface area contributed by atoms with Crippen molar-refractivity contribution in [1.29, 1.82) is 0 Å². The van der Waals surface area contributed by atoms with Gasteiger partial charge in [-0.2, -0.15) is 0 Å². The van der Waals surface area contributed by atoms with Crippen LogP contribution in [0, 0.1) is 0 Å². The quantitative estimate of drug-likeness (QED) is 0.646. The van der Waals surface area contributed by atoms with E-state index in [1.54, 1.807) is 0 Å². The molecule has 0 aliphatic carbocycles. The number of para-hydroxylation sites is 1. The Labute approximate surface area is 129 Å². The predicted octanol–water partition coefficient (Wildman–Crippen LogP) is 3.28. The number of benzene rings is 1. The monoisotopic (exact) mass is 295 g/mol. The number of hydrogen-bond acceptors (Lipinski definition) is 4. The molecule has 112 valence electrons. The summed E-state index contributed by atoms with van der Waals surface area (Å²) in [6.07, 6.45) is 1.81. The SMILES string of the molecule is CC1(C)OB(c2cnc3c(c2)oc2ccccc23)OC1(C)C. The fraction of sp³-hybridized carbons (Fsp3) is 0.353. The second kappa shape index (κ2) is 4.34. The molecule has 1 aliphatic heterocycles. The first-order valence-corrected chi connectivity index (χ1v) is 7.50. The summed E-state index contributed by atoms with van der Waals surface area (Å²) in [6, 6.07) is 9.87. The van der Waals surface area contributed by atoms with E-state index in [0.29, 0.717) is 0 Å². The van der Waals surface area contributed by atoms with Crippen molar-refractivity contribution < 1.29 is 13.7 Å². The number of nitrogens with zero attached hydrogens (tertiary/aromatic N) is 1. The molecule has 0 radical (unpaired) electrons. The molecule has 0 atom stereocenters. The lowest BCUT2D eigenvalue weighted by molar-refractivity contribution is 0.00578. The molecule has 4 rings (SSSR count). The van der Waals surface area contributed by atoms with Crippen molar-refractivity contribution in [3.05, 3.63) is 36.5 Å². The Bertz CT molecular complexity index is 853. The van der Waals surface area contributed by atoms with Gasteiger partial charge in [-0.05, 0) is 45.9 Å². The van der Waals surface area contributed by atoms with Crippen molar-refractivity contribution >= 4 is 34.7 Å². The molecule has 0 bridgehead atoms. The van der Waals surface area contributed by atoms with E-state index < -0.39 is 7.12 Å². The minimum Gasteiger partial charge on any atom is -0.454 e. The average molecular weight is 295 g/mol. The lowest BCUT2D eigenvalue weighted by Gasteiger charge is -2.32. The Morgan fingerprint density at radius 1 is 0.955 bits per heavy atom. The van der Waals surface area contributed by atoms with Gasteiger partial charge in [0.15, 0.2) is 5.58 Å². The van der Waals surface area contributed by atoms with E-state index in [0.717, 1.165) is 27.5 Å². The Kier molecular flexibility index (Phi) is 2.72. The molecule has 3 aromatic rings. The third-order valence-electron chi connectivity index (χ3n) is 4.76.